The molecule has 0 aliphatic heterocycles. The van der Waals surface area contributed by atoms with Gasteiger partial charge in [0.1, 0.15) is 0 Å². The zero-order valence-electron chi connectivity index (χ0n) is 8.90. The normalized spacial score (nSPS) is 14.3. The maximum absolute atomic E-state index is 11.6. The van der Waals surface area contributed by atoms with Gasteiger partial charge in [0, 0.05) is 12.4 Å². The number of alkyl halides is 1. The Morgan fingerprint density at radius 2 is 2.40 bits per heavy atom. The van der Waals surface area contributed by atoms with Crippen LogP contribution in [-0.4, -0.2) is 15.7 Å². The first-order valence-electron chi connectivity index (χ1n) is 4.99. The van der Waals surface area contributed by atoms with Crippen molar-refractivity contribution in [1.82, 2.24) is 10.3 Å². The molecule has 1 heterocycles. The second-order valence-electron chi connectivity index (χ2n) is 3.39. The molecule has 0 radical (unpaired) electrons. The van der Waals surface area contributed by atoms with Crippen LogP contribution in [0.1, 0.15) is 31.9 Å². The van der Waals surface area contributed by atoms with Crippen LogP contribution in [0.25, 0.3) is 0 Å². The van der Waals surface area contributed by atoms with E-state index in [1.807, 2.05) is 26.0 Å². The molecule has 15 heavy (non-hydrogen) atoms. The summed E-state index contributed by atoms with van der Waals surface area (Å²) in [5.74, 6) is 0.0221. The third-order valence-corrected chi connectivity index (χ3v) is 3.25. The number of amides is 1. The minimum Gasteiger partial charge on any atom is -0.349 e. The van der Waals surface area contributed by atoms with E-state index in [0.29, 0.717) is 0 Å². The van der Waals surface area contributed by atoms with Gasteiger partial charge in [-0.1, -0.05) is 28.9 Å². The molecule has 1 amide bonds. The summed E-state index contributed by atoms with van der Waals surface area (Å²) in [5.41, 5.74) is 1.02. The Morgan fingerprint density at radius 3 is 2.93 bits per heavy atom. The van der Waals surface area contributed by atoms with Crippen molar-refractivity contribution in [3.8, 4) is 0 Å². The monoisotopic (exact) mass is 270 g/mol. The smallest absolute Gasteiger partial charge is 0.234 e. The first-order valence-corrected chi connectivity index (χ1v) is 5.91. The summed E-state index contributed by atoms with van der Waals surface area (Å²) in [5, 5.41) is 2.92. The highest BCUT2D eigenvalue weighted by molar-refractivity contribution is 9.10. The van der Waals surface area contributed by atoms with E-state index in [9.17, 15) is 4.79 Å². The molecular weight excluding hydrogens is 256 g/mol. The number of rotatable bonds is 4. The quantitative estimate of drug-likeness (QED) is 0.854. The number of hydrogen-bond donors (Lipinski definition) is 1. The molecule has 1 aromatic rings. The van der Waals surface area contributed by atoms with Gasteiger partial charge in [-0.15, -0.1) is 0 Å². The largest absolute Gasteiger partial charge is 0.349 e. The zero-order chi connectivity index (χ0) is 11.3. The summed E-state index contributed by atoms with van der Waals surface area (Å²) in [6.07, 6.45) is 4.27. The summed E-state index contributed by atoms with van der Waals surface area (Å²) in [4.78, 5) is 15.5. The highest BCUT2D eigenvalue weighted by Crippen LogP contribution is 2.12. The van der Waals surface area contributed by atoms with Gasteiger partial charge in [-0.2, -0.15) is 0 Å². The van der Waals surface area contributed by atoms with Crippen LogP contribution in [0, 0.1) is 0 Å². The topological polar surface area (TPSA) is 42.0 Å². The number of aromatic nitrogens is 1. The molecule has 0 saturated heterocycles. The molecule has 82 valence electrons. The number of nitrogens with one attached hydrogen (secondary N) is 1. The van der Waals surface area contributed by atoms with Crippen molar-refractivity contribution in [2.75, 3.05) is 0 Å². The number of pyridine rings is 1. The van der Waals surface area contributed by atoms with E-state index >= 15 is 0 Å². The fourth-order valence-corrected chi connectivity index (χ4v) is 1.34. The molecule has 1 rings (SSSR count). The molecule has 0 spiro atoms. The van der Waals surface area contributed by atoms with Crippen LogP contribution in [0.5, 0.6) is 0 Å². The van der Waals surface area contributed by atoms with Gasteiger partial charge < -0.3 is 5.32 Å². The van der Waals surface area contributed by atoms with E-state index in [4.69, 9.17) is 0 Å². The first-order chi connectivity index (χ1) is 7.15. The Kier molecular flexibility index (Phi) is 4.75. The predicted molar refractivity (Wildman–Crippen MR) is 63.8 cm³/mol. The average molecular weight is 271 g/mol. The molecule has 0 saturated carbocycles. The van der Waals surface area contributed by atoms with Crippen LogP contribution in [0.2, 0.25) is 0 Å². The van der Waals surface area contributed by atoms with E-state index in [1.165, 1.54) is 0 Å². The molecule has 0 aliphatic rings. The Hall–Kier alpha value is -0.900. The highest BCUT2D eigenvalue weighted by Gasteiger charge is 2.15. The number of nitrogens with zero attached hydrogens (tertiary/aromatic N) is 1. The molecule has 2 atom stereocenters. The van der Waals surface area contributed by atoms with Crippen LogP contribution in [0.15, 0.2) is 24.5 Å². The average Bonchev–Trinajstić information content (AvgIpc) is 2.29. The van der Waals surface area contributed by atoms with Gasteiger partial charge in [0.25, 0.3) is 0 Å². The lowest BCUT2D eigenvalue weighted by Gasteiger charge is -2.15. The molecule has 4 heteroatoms. The summed E-state index contributed by atoms with van der Waals surface area (Å²) in [7, 11) is 0. The Labute approximate surface area is 98.4 Å². The van der Waals surface area contributed by atoms with Gasteiger partial charge in [-0.05, 0) is 25.0 Å². The van der Waals surface area contributed by atoms with E-state index in [1.54, 1.807) is 12.4 Å². The molecule has 0 bridgehead atoms. The molecule has 1 unspecified atom stereocenters. The van der Waals surface area contributed by atoms with Gasteiger partial charge in [-0.25, -0.2) is 0 Å². The lowest BCUT2D eigenvalue weighted by Crippen LogP contribution is -2.32. The first kappa shape index (κ1) is 12.2. The predicted octanol–water partition coefficient (Wildman–Crippen LogP) is 2.43. The molecule has 0 aromatic carbocycles. The Balaban J connectivity index is 2.56. The molecule has 1 aromatic heterocycles. The Morgan fingerprint density at radius 1 is 1.67 bits per heavy atom. The fraction of sp³-hybridized carbons (Fsp3) is 0.455. The zero-order valence-corrected chi connectivity index (χ0v) is 10.5. The number of halogens is 1. The third-order valence-electron chi connectivity index (χ3n) is 2.19. The third kappa shape index (κ3) is 3.63. The second-order valence-corrected chi connectivity index (χ2v) is 4.50. The summed E-state index contributed by atoms with van der Waals surface area (Å²) >= 11 is 3.32. The van der Waals surface area contributed by atoms with Crippen molar-refractivity contribution in [3.63, 3.8) is 0 Å². The SMILES string of the molecule is CCC(Br)C(=O)N[C@H](C)c1cccnc1. The second kappa shape index (κ2) is 5.85. The van der Waals surface area contributed by atoms with Crippen LogP contribution >= 0.6 is 15.9 Å². The molecule has 0 aliphatic carbocycles. The maximum Gasteiger partial charge on any atom is 0.234 e. The van der Waals surface area contributed by atoms with Gasteiger partial charge in [0.15, 0.2) is 0 Å². The summed E-state index contributed by atoms with van der Waals surface area (Å²) < 4.78 is 0. The van der Waals surface area contributed by atoms with Gasteiger partial charge in [-0.3, -0.25) is 9.78 Å². The van der Waals surface area contributed by atoms with E-state index in [2.05, 4.69) is 26.2 Å². The van der Waals surface area contributed by atoms with E-state index in [-0.39, 0.29) is 16.8 Å². The van der Waals surface area contributed by atoms with Crippen molar-refractivity contribution >= 4 is 21.8 Å². The fourth-order valence-electron chi connectivity index (χ4n) is 1.20. The minimum absolute atomic E-state index is 0.00204. The molecule has 3 nitrogen and oxygen atoms in total. The van der Waals surface area contributed by atoms with Gasteiger partial charge >= 0.3 is 0 Å². The Bertz CT molecular complexity index is 316. The van der Waals surface area contributed by atoms with Gasteiger partial charge in [0.2, 0.25) is 5.91 Å². The molecule has 1 N–H and O–H groups in total. The maximum atomic E-state index is 11.6. The highest BCUT2D eigenvalue weighted by atomic mass is 79.9. The minimum atomic E-state index is -0.114. The van der Waals surface area contributed by atoms with E-state index < -0.39 is 0 Å². The lowest BCUT2D eigenvalue weighted by atomic mass is 10.1. The van der Waals surface area contributed by atoms with Crippen molar-refractivity contribution in [2.45, 2.75) is 31.1 Å². The van der Waals surface area contributed by atoms with Crippen LogP contribution in [0.4, 0.5) is 0 Å². The number of carbonyl (C=O) groups is 1. The van der Waals surface area contributed by atoms with Crippen LogP contribution in [0.3, 0.4) is 0 Å². The molecule has 0 fully saturated rings. The number of carbonyl (C=O) groups excluding carboxylic acids is 1. The van der Waals surface area contributed by atoms with Crippen molar-refractivity contribution in [1.29, 1.82) is 0 Å². The summed E-state index contributed by atoms with van der Waals surface area (Å²) in [6, 6.07) is 3.81. The lowest BCUT2D eigenvalue weighted by molar-refractivity contribution is -0.121. The van der Waals surface area contributed by atoms with Crippen molar-refractivity contribution in [3.05, 3.63) is 30.1 Å². The van der Waals surface area contributed by atoms with Crippen molar-refractivity contribution in [2.24, 2.45) is 0 Å². The van der Waals surface area contributed by atoms with E-state index in [0.717, 1.165) is 12.0 Å². The number of hydrogen-bond acceptors (Lipinski definition) is 2. The standard InChI is InChI=1S/C11H15BrN2O/c1-3-10(12)11(15)14-8(2)9-5-4-6-13-7-9/h4-8,10H,3H2,1-2H3,(H,14,15)/t8-,10?/m1/s1. The van der Waals surface area contributed by atoms with Gasteiger partial charge in [0.05, 0.1) is 10.9 Å². The van der Waals surface area contributed by atoms with Crippen LogP contribution in [-0.2, 0) is 4.79 Å². The molecular formula is C11H15BrN2O. The van der Waals surface area contributed by atoms with Crippen molar-refractivity contribution < 1.29 is 4.79 Å². The van der Waals surface area contributed by atoms with Crippen LogP contribution < -0.4 is 5.32 Å². The summed E-state index contributed by atoms with van der Waals surface area (Å²) in [6.45, 7) is 3.91.